The Labute approximate surface area is 167 Å². The van der Waals surface area contributed by atoms with Gasteiger partial charge < -0.3 is 4.74 Å². The van der Waals surface area contributed by atoms with Gasteiger partial charge in [0.05, 0.1) is 18.0 Å². The number of benzene rings is 1. The fraction of sp³-hybridized carbons (Fsp3) is 0.381. The Hall–Kier alpha value is -2.67. The van der Waals surface area contributed by atoms with Crippen LogP contribution in [0, 0.1) is 5.92 Å². The van der Waals surface area contributed by atoms with Crippen molar-refractivity contribution in [2.45, 2.75) is 39.8 Å². The molecule has 0 saturated carbocycles. The van der Waals surface area contributed by atoms with E-state index >= 15 is 0 Å². The molecule has 0 amide bonds. The van der Waals surface area contributed by atoms with Crippen LogP contribution in [0.1, 0.15) is 42.4 Å². The van der Waals surface area contributed by atoms with Gasteiger partial charge >= 0.3 is 11.7 Å². The molecular weight excluding hydrogens is 376 g/mol. The van der Waals surface area contributed by atoms with Gasteiger partial charge in [-0.15, -0.1) is 11.3 Å². The summed E-state index contributed by atoms with van der Waals surface area (Å²) in [6.45, 7) is 6.17. The SMILES string of the molecule is CC(C)CC(C)OC(=O)c1cc2c(=O)n(Cc3ccccc3)c(=O)n(C)c2s1. The van der Waals surface area contributed by atoms with Crippen molar-refractivity contribution in [3.8, 4) is 0 Å². The fourth-order valence-electron chi connectivity index (χ4n) is 3.24. The zero-order valence-electron chi connectivity index (χ0n) is 16.5. The lowest BCUT2D eigenvalue weighted by molar-refractivity contribution is 0.0305. The number of nitrogens with zero attached hydrogens (tertiary/aromatic N) is 2. The molecule has 0 spiro atoms. The normalized spacial score (nSPS) is 12.5. The van der Waals surface area contributed by atoms with Gasteiger partial charge in [-0.25, -0.2) is 9.59 Å². The van der Waals surface area contributed by atoms with Gasteiger partial charge in [-0.05, 0) is 30.9 Å². The summed E-state index contributed by atoms with van der Waals surface area (Å²) in [4.78, 5) is 38.9. The first-order valence-corrected chi connectivity index (χ1v) is 10.1. The smallest absolute Gasteiger partial charge is 0.348 e. The second kappa shape index (κ2) is 8.14. The lowest BCUT2D eigenvalue weighted by Crippen LogP contribution is -2.38. The van der Waals surface area contributed by atoms with E-state index in [-0.39, 0.29) is 12.6 Å². The van der Waals surface area contributed by atoms with Crippen molar-refractivity contribution in [1.29, 1.82) is 0 Å². The topological polar surface area (TPSA) is 70.3 Å². The van der Waals surface area contributed by atoms with E-state index in [1.165, 1.54) is 15.2 Å². The van der Waals surface area contributed by atoms with Crippen molar-refractivity contribution in [3.05, 3.63) is 67.7 Å². The molecule has 1 atom stereocenters. The standard InChI is InChI=1S/C21H24N2O4S/c1-13(2)10-14(3)27-20(25)17-11-16-18(24)23(12-15-8-6-5-7-9-15)21(26)22(4)19(16)28-17/h5-9,11,13-14H,10,12H2,1-4H3. The lowest BCUT2D eigenvalue weighted by Gasteiger charge is -2.14. The Morgan fingerprint density at radius 2 is 1.82 bits per heavy atom. The second-order valence-electron chi connectivity index (χ2n) is 7.39. The molecule has 7 heteroatoms. The number of fused-ring (bicyclic) bond motifs is 1. The van der Waals surface area contributed by atoms with E-state index in [1.807, 2.05) is 37.3 Å². The third-order valence-corrected chi connectivity index (χ3v) is 5.70. The Bertz CT molecular complexity index is 1110. The third kappa shape index (κ3) is 4.09. The molecule has 6 nitrogen and oxygen atoms in total. The average molecular weight is 401 g/mol. The quantitative estimate of drug-likeness (QED) is 0.595. The summed E-state index contributed by atoms with van der Waals surface area (Å²) in [6.07, 6.45) is 0.551. The van der Waals surface area contributed by atoms with Crippen LogP contribution >= 0.6 is 11.3 Å². The average Bonchev–Trinajstić information content (AvgIpc) is 3.09. The van der Waals surface area contributed by atoms with Gasteiger partial charge in [0, 0.05) is 7.05 Å². The monoisotopic (exact) mass is 400 g/mol. The number of thiophene rings is 1. The van der Waals surface area contributed by atoms with Crippen LogP contribution in [0.15, 0.2) is 46.0 Å². The second-order valence-corrected chi connectivity index (χ2v) is 8.42. The first kappa shape index (κ1) is 20.1. The summed E-state index contributed by atoms with van der Waals surface area (Å²) < 4.78 is 8.10. The molecule has 0 bridgehead atoms. The molecule has 1 unspecified atom stereocenters. The van der Waals surface area contributed by atoms with E-state index in [4.69, 9.17) is 4.74 Å². The summed E-state index contributed by atoms with van der Waals surface area (Å²) in [7, 11) is 1.61. The molecule has 0 aliphatic carbocycles. The van der Waals surface area contributed by atoms with Gasteiger partial charge in [0.1, 0.15) is 9.71 Å². The van der Waals surface area contributed by atoms with Gasteiger partial charge in [-0.2, -0.15) is 0 Å². The largest absolute Gasteiger partial charge is 0.458 e. The van der Waals surface area contributed by atoms with Gasteiger partial charge in [-0.3, -0.25) is 13.9 Å². The molecule has 148 valence electrons. The van der Waals surface area contributed by atoms with Crippen molar-refractivity contribution >= 4 is 27.5 Å². The summed E-state index contributed by atoms with van der Waals surface area (Å²) in [5.41, 5.74) is 0.0576. The van der Waals surface area contributed by atoms with E-state index in [1.54, 1.807) is 7.05 Å². The highest BCUT2D eigenvalue weighted by molar-refractivity contribution is 7.20. The number of ether oxygens (including phenoxy) is 1. The molecule has 0 aliphatic heterocycles. The minimum Gasteiger partial charge on any atom is -0.458 e. The van der Waals surface area contributed by atoms with Crippen molar-refractivity contribution in [1.82, 2.24) is 9.13 Å². The number of aromatic nitrogens is 2. The Balaban J connectivity index is 1.99. The van der Waals surface area contributed by atoms with E-state index in [9.17, 15) is 14.4 Å². The van der Waals surface area contributed by atoms with Crippen LogP contribution < -0.4 is 11.2 Å². The van der Waals surface area contributed by atoms with E-state index in [2.05, 4.69) is 13.8 Å². The predicted octanol–water partition coefficient (Wildman–Crippen LogP) is 3.40. The van der Waals surface area contributed by atoms with Crippen LogP contribution in [0.4, 0.5) is 0 Å². The fourth-order valence-corrected chi connectivity index (χ4v) is 4.23. The summed E-state index contributed by atoms with van der Waals surface area (Å²) in [6, 6.07) is 10.9. The molecule has 0 radical (unpaired) electrons. The van der Waals surface area contributed by atoms with Gasteiger partial charge in [-0.1, -0.05) is 44.2 Å². The number of rotatable bonds is 6. The number of esters is 1. The minimum atomic E-state index is -0.462. The van der Waals surface area contributed by atoms with E-state index in [0.717, 1.165) is 23.3 Å². The van der Waals surface area contributed by atoms with Gasteiger partial charge in [0.15, 0.2) is 0 Å². The molecule has 2 aromatic heterocycles. The van der Waals surface area contributed by atoms with Crippen LogP contribution in [0.25, 0.3) is 10.2 Å². The van der Waals surface area contributed by atoms with E-state index in [0.29, 0.717) is 21.0 Å². The van der Waals surface area contributed by atoms with Crippen molar-refractivity contribution < 1.29 is 9.53 Å². The molecule has 3 aromatic rings. The minimum absolute atomic E-state index is 0.184. The highest BCUT2D eigenvalue weighted by Crippen LogP contribution is 2.23. The van der Waals surface area contributed by atoms with Crippen molar-refractivity contribution in [2.24, 2.45) is 13.0 Å². The number of aryl methyl sites for hydroxylation is 1. The van der Waals surface area contributed by atoms with Crippen LogP contribution in [0.2, 0.25) is 0 Å². The molecule has 0 N–H and O–H groups in total. The molecule has 0 fully saturated rings. The van der Waals surface area contributed by atoms with E-state index < -0.39 is 17.2 Å². The molecule has 0 saturated heterocycles. The molecule has 3 rings (SSSR count). The summed E-state index contributed by atoms with van der Waals surface area (Å²) in [5.74, 6) is -0.0490. The van der Waals surface area contributed by atoms with Gasteiger partial charge in [0.2, 0.25) is 0 Å². The molecule has 28 heavy (non-hydrogen) atoms. The molecule has 1 aromatic carbocycles. The number of hydrogen-bond acceptors (Lipinski definition) is 5. The van der Waals surface area contributed by atoms with Crippen molar-refractivity contribution in [3.63, 3.8) is 0 Å². The number of hydrogen-bond donors (Lipinski definition) is 0. The van der Waals surface area contributed by atoms with Crippen LogP contribution in [0.5, 0.6) is 0 Å². The Morgan fingerprint density at radius 3 is 2.46 bits per heavy atom. The van der Waals surface area contributed by atoms with Crippen LogP contribution in [0.3, 0.4) is 0 Å². The lowest BCUT2D eigenvalue weighted by atomic mass is 10.1. The van der Waals surface area contributed by atoms with Crippen molar-refractivity contribution in [2.75, 3.05) is 0 Å². The maximum absolute atomic E-state index is 12.9. The maximum Gasteiger partial charge on any atom is 0.348 e. The summed E-state index contributed by atoms with van der Waals surface area (Å²) in [5, 5.41) is 0.353. The Kier molecular flexibility index (Phi) is 5.84. The first-order valence-electron chi connectivity index (χ1n) is 9.26. The maximum atomic E-state index is 12.9. The zero-order valence-corrected chi connectivity index (χ0v) is 17.3. The molecular formula is C21H24N2O4S. The number of carbonyl (C=O) groups is 1. The van der Waals surface area contributed by atoms with Gasteiger partial charge in [0.25, 0.3) is 5.56 Å². The Morgan fingerprint density at radius 1 is 1.14 bits per heavy atom. The van der Waals surface area contributed by atoms with Crippen LogP contribution in [-0.2, 0) is 18.3 Å². The highest BCUT2D eigenvalue weighted by atomic mass is 32.1. The summed E-state index contributed by atoms with van der Waals surface area (Å²) >= 11 is 1.11. The third-order valence-electron chi connectivity index (χ3n) is 4.51. The first-order chi connectivity index (χ1) is 13.3. The van der Waals surface area contributed by atoms with Crippen LogP contribution in [-0.4, -0.2) is 21.2 Å². The molecule has 0 aliphatic rings. The highest BCUT2D eigenvalue weighted by Gasteiger charge is 2.20. The number of carbonyl (C=O) groups excluding carboxylic acids is 1. The predicted molar refractivity (Wildman–Crippen MR) is 111 cm³/mol. The zero-order chi connectivity index (χ0) is 20.4. The molecule has 2 heterocycles.